The van der Waals surface area contributed by atoms with E-state index in [2.05, 4.69) is 109 Å². The fourth-order valence-electron chi connectivity index (χ4n) is 7.42. The third-order valence-electron chi connectivity index (χ3n) is 9.25. The molecule has 0 N–H and O–H groups in total. The number of ether oxygens (including phenoxy) is 1. The van der Waals surface area contributed by atoms with Crippen LogP contribution in [0.2, 0.25) is 0 Å². The first kappa shape index (κ1) is 28.8. The van der Waals surface area contributed by atoms with E-state index in [1.807, 2.05) is 0 Å². The highest BCUT2D eigenvalue weighted by Gasteiger charge is 2.46. The Morgan fingerprint density at radius 1 is 0.750 bits per heavy atom. The normalized spacial score (nSPS) is 20.1. The average Bonchev–Trinajstić information content (AvgIpc) is 3.01. The standard InChI is InChI=1S/C36H38O2P.BrH/c1-38-28-20-22-32-27(26-28)19-21-34-33(32)23-24-36(37)35(34)18-11-25-39(29-12-5-2-6-13-29,30-14-7-3-8-15-30)31-16-9-4-10-17-31;/h2-10,12-17,20,22,26,33-35H,11,18-19,21,23-25H2,1H3;1H/q+1;/p-1/t33-,34-,35+;/m1./s1. The molecule has 40 heavy (non-hydrogen) atoms. The van der Waals surface area contributed by atoms with Crippen molar-refractivity contribution in [2.75, 3.05) is 13.3 Å². The molecule has 0 aromatic heterocycles. The van der Waals surface area contributed by atoms with Crippen molar-refractivity contribution in [3.63, 3.8) is 0 Å². The minimum atomic E-state index is -1.86. The van der Waals surface area contributed by atoms with E-state index in [0.717, 1.165) is 44.0 Å². The summed E-state index contributed by atoms with van der Waals surface area (Å²) in [4.78, 5) is 13.4. The minimum absolute atomic E-state index is 0. The Bertz CT molecular complexity index is 1310. The molecule has 0 spiro atoms. The molecule has 0 heterocycles. The van der Waals surface area contributed by atoms with Crippen LogP contribution in [0.4, 0.5) is 0 Å². The number of hydrogen-bond acceptors (Lipinski definition) is 2. The lowest BCUT2D eigenvalue weighted by Crippen LogP contribution is -3.00. The summed E-state index contributed by atoms with van der Waals surface area (Å²) in [5, 5.41) is 4.28. The van der Waals surface area contributed by atoms with Crippen molar-refractivity contribution < 1.29 is 26.5 Å². The van der Waals surface area contributed by atoms with E-state index in [0.29, 0.717) is 24.0 Å². The van der Waals surface area contributed by atoms with Crippen molar-refractivity contribution in [1.82, 2.24) is 0 Å². The Labute approximate surface area is 250 Å². The van der Waals surface area contributed by atoms with Crippen LogP contribution in [0, 0.1) is 11.8 Å². The maximum absolute atomic E-state index is 13.4. The summed E-state index contributed by atoms with van der Waals surface area (Å²) in [7, 11) is -0.123. The van der Waals surface area contributed by atoms with Gasteiger partial charge in [-0.25, -0.2) is 0 Å². The molecule has 0 unspecified atom stereocenters. The SMILES string of the molecule is COc1ccc2c(c1)CC[C@H]1[C@H](CCC[P+](c3ccccc3)(c3ccccc3)c3ccccc3)C(=O)CC[C@H]21.[Br-]. The highest BCUT2D eigenvalue weighted by atomic mass is 79.9. The predicted molar refractivity (Wildman–Crippen MR) is 165 cm³/mol. The molecular formula is C36H38BrO2P. The average molecular weight is 614 g/mol. The van der Waals surface area contributed by atoms with Gasteiger partial charge >= 0.3 is 0 Å². The second-order valence-corrected chi connectivity index (χ2v) is 14.8. The van der Waals surface area contributed by atoms with Gasteiger partial charge in [-0.2, -0.15) is 0 Å². The van der Waals surface area contributed by atoms with E-state index in [9.17, 15) is 4.79 Å². The zero-order chi connectivity index (χ0) is 26.7. The van der Waals surface area contributed by atoms with Crippen LogP contribution in [0.1, 0.15) is 49.1 Å². The molecule has 6 rings (SSSR count). The summed E-state index contributed by atoms with van der Waals surface area (Å²) in [6.07, 6.45) is 6.99. The number of Topliss-reactive ketones (excluding diaryl/α,β-unsaturated/α-hetero) is 1. The van der Waals surface area contributed by atoms with E-state index in [4.69, 9.17) is 4.74 Å². The Morgan fingerprint density at radius 2 is 1.32 bits per heavy atom. The summed E-state index contributed by atoms with van der Waals surface area (Å²) in [5.41, 5.74) is 2.88. The number of ketones is 1. The van der Waals surface area contributed by atoms with Gasteiger partial charge in [0, 0.05) is 12.3 Å². The smallest absolute Gasteiger partial charge is 0.136 e. The number of halogens is 1. The van der Waals surface area contributed by atoms with Crippen LogP contribution in [0.5, 0.6) is 5.75 Å². The van der Waals surface area contributed by atoms with Crippen molar-refractivity contribution in [3.8, 4) is 5.75 Å². The van der Waals surface area contributed by atoms with E-state index in [-0.39, 0.29) is 22.9 Å². The molecule has 4 aromatic carbocycles. The lowest BCUT2D eigenvalue weighted by Gasteiger charge is -2.42. The van der Waals surface area contributed by atoms with Gasteiger partial charge in [-0.05, 0) is 104 Å². The van der Waals surface area contributed by atoms with Crippen LogP contribution < -0.4 is 37.6 Å². The summed E-state index contributed by atoms with van der Waals surface area (Å²) in [6.45, 7) is 0. The number of rotatable bonds is 8. The molecule has 0 amide bonds. The number of carbonyl (C=O) groups excluding carboxylic acids is 1. The van der Waals surface area contributed by atoms with E-state index in [1.165, 1.54) is 27.0 Å². The van der Waals surface area contributed by atoms with Gasteiger partial charge in [0.15, 0.2) is 0 Å². The maximum atomic E-state index is 13.4. The van der Waals surface area contributed by atoms with Gasteiger partial charge in [-0.15, -0.1) is 0 Å². The molecule has 2 aliphatic rings. The first-order valence-electron chi connectivity index (χ1n) is 14.4. The van der Waals surface area contributed by atoms with Gasteiger partial charge in [0.05, 0.1) is 13.3 Å². The molecular weight excluding hydrogens is 575 g/mol. The van der Waals surface area contributed by atoms with Crippen molar-refractivity contribution in [3.05, 3.63) is 120 Å². The van der Waals surface area contributed by atoms with Gasteiger partial charge in [0.1, 0.15) is 34.7 Å². The molecule has 4 aromatic rings. The number of methoxy groups -OCH3 is 1. The highest BCUT2D eigenvalue weighted by Crippen LogP contribution is 2.57. The second kappa shape index (κ2) is 12.8. The molecule has 0 radical (unpaired) electrons. The molecule has 0 aliphatic heterocycles. The molecule has 2 nitrogen and oxygen atoms in total. The summed E-state index contributed by atoms with van der Waals surface area (Å²) < 4.78 is 5.50. The topological polar surface area (TPSA) is 26.3 Å². The highest BCUT2D eigenvalue weighted by molar-refractivity contribution is 7.95. The van der Waals surface area contributed by atoms with Gasteiger partial charge in [0.25, 0.3) is 0 Å². The lowest BCUT2D eigenvalue weighted by atomic mass is 9.62. The van der Waals surface area contributed by atoms with Crippen molar-refractivity contribution in [2.24, 2.45) is 11.8 Å². The van der Waals surface area contributed by atoms with Gasteiger partial charge in [0.2, 0.25) is 0 Å². The van der Waals surface area contributed by atoms with Crippen LogP contribution in [0.25, 0.3) is 0 Å². The van der Waals surface area contributed by atoms with Crippen LogP contribution in [-0.4, -0.2) is 19.1 Å². The first-order chi connectivity index (χ1) is 19.2. The number of fused-ring (bicyclic) bond motifs is 3. The van der Waals surface area contributed by atoms with Crippen LogP contribution in [0.3, 0.4) is 0 Å². The van der Waals surface area contributed by atoms with E-state index < -0.39 is 7.26 Å². The minimum Gasteiger partial charge on any atom is -1.00 e. The van der Waals surface area contributed by atoms with Crippen LogP contribution in [0.15, 0.2) is 109 Å². The molecule has 4 heteroatoms. The number of carbonyl (C=O) groups is 1. The van der Waals surface area contributed by atoms with Crippen LogP contribution in [-0.2, 0) is 11.2 Å². The zero-order valence-corrected chi connectivity index (χ0v) is 25.7. The molecule has 0 bridgehead atoms. The number of hydrogen-bond donors (Lipinski definition) is 0. The van der Waals surface area contributed by atoms with Gasteiger partial charge in [-0.1, -0.05) is 60.7 Å². The summed E-state index contributed by atoms with van der Waals surface area (Å²) in [6, 6.07) is 40.0. The van der Waals surface area contributed by atoms with Crippen LogP contribution >= 0.6 is 7.26 Å². The molecule has 3 atom stereocenters. The summed E-state index contributed by atoms with van der Waals surface area (Å²) in [5.74, 6) is 2.57. The quantitative estimate of drug-likeness (QED) is 0.280. The summed E-state index contributed by atoms with van der Waals surface area (Å²) >= 11 is 0. The molecule has 1 fully saturated rings. The van der Waals surface area contributed by atoms with E-state index >= 15 is 0 Å². The Hall–Kier alpha value is -2.74. The Kier molecular flexibility index (Phi) is 9.24. The van der Waals surface area contributed by atoms with Gasteiger partial charge < -0.3 is 21.7 Å². The molecule has 1 saturated carbocycles. The second-order valence-electron chi connectivity index (χ2n) is 11.2. The molecule has 2 aliphatic carbocycles. The predicted octanol–water partition coefficient (Wildman–Crippen LogP) is 4.10. The zero-order valence-electron chi connectivity index (χ0n) is 23.2. The maximum Gasteiger partial charge on any atom is 0.136 e. The largest absolute Gasteiger partial charge is 1.00 e. The monoisotopic (exact) mass is 612 g/mol. The number of benzene rings is 4. The van der Waals surface area contributed by atoms with Crippen molar-refractivity contribution in [1.29, 1.82) is 0 Å². The molecule has 0 saturated heterocycles. The van der Waals surface area contributed by atoms with Crippen molar-refractivity contribution >= 4 is 29.0 Å². The first-order valence-corrected chi connectivity index (χ1v) is 16.4. The van der Waals surface area contributed by atoms with Crippen molar-refractivity contribution in [2.45, 2.75) is 44.4 Å². The Morgan fingerprint density at radius 3 is 1.88 bits per heavy atom. The Balaban J connectivity index is 0.00000323. The third kappa shape index (κ3) is 5.44. The van der Waals surface area contributed by atoms with E-state index in [1.54, 1.807) is 7.11 Å². The number of aryl methyl sites for hydroxylation is 1. The van der Waals surface area contributed by atoms with Gasteiger partial charge in [-0.3, -0.25) is 4.79 Å². The molecule has 206 valence electrons. The third-order valence-corrected chi connectivity index (χ3v) is 13.8. The lowest BCUT2D eigenvalue weighted by molar-refractivity contribution is -0.128. The fraction of sp³-hybridized carbons (Fsp3) is 0.306. The fourth-order valence-corrected chi connectivity index (χ4v) is 11.8.